The van der Waals surface area contributed by atoms with Crippen LogP contribution in [0, 0.1) is 11.7 Å². The summed E-state index contributed by atoms with van der Waals surface area (Å²) in [6, 6.07) is -0.333. The van der Waals surface area contributed by atoms with Crippen LogP contribution in [0.3, 0.4) is 0 Å². The summed E-state index contributed by atoms with van der Waals surface area (Å²) in [5, 5.41) is 6.62. The predicted molar refractivity (Wildman–Crippen MR) is 109 cm³/mol. The second-order valence-electron chi connectivity index (χ2n) is 8.84. The van der Waals surface area contributed by atoms with E-state index in [1.165, 1.54) is 4.90 Å². The molecular formula is C20H32FN5O3. The Kier molecular flexibility index (Phi) is 6.58. The highest BCUT2D eigenvalue weighted by atomic mass is 19.1. The third kappa shape index (κ3) is 5.33. The van der Waals surface area contributed by atoms with E-state index in [-0.39, 0.29) is 24.6 Å². The summed E-state index contributed by atoms with van der Waals surface area (Å²) in [7, 11) is 0. The maximum atomic E-state index is 14.6. The van der Waals surface area contributed by atoms with Crippen molar-refractivity contribution in [2.24, 2.45) is 5.92 Å². The summed E-state index contributed by atoms with van der Waals surface area (Å²) in [6.07, 6.45) is 2.22. The predicted octanol–water partition coefficient (Wildman–Crippen LogP) is 2.94. The maximum Gasteiger partial charge on any atom is 0.416 e. The molecule has 0 aromatic carbocycles. The molecule has 2 saturated heterocycles. The zero-order valence-corrected chi connectivity index (χ0v) is 17.9. The van der Waals surface area contributed by atoms with Gasteiger partial charge in [-0.1, -0.05) is 0 Å². The van der Waals surface area contributed by atoms with Crippen LogP contribution in [0.5, 0.6) is 0 Å². The number of amides is 1. The van der Waals surface area contributed by atoms with Gasteiger partial charge in [0.25, 0.3) is 0 Å². The fourth-order valence-electron chi connectivity index (χ4n) is 3.92. The van der Waals surface area contributed by atoms with Crippen LogP contribution in [0.2, 0.25) is 0 Å². The highest BCUT2D eigenvalue weighted by molar-refractivity contribution is 5.89. The molecule has 1 amide bonds. The Balaban J connectivity index is 1.79. The van der Waals surface area contributed by atoms with Crippen molar-refractivity contribution >= 4 is 17.9 Å². The summed E-state index contributed by atoms with van der Waals surface area (Å²) < 4.78 is 25.8. The standard InChI is InChI=1S/C20H32FN5O3/c1-12(14-6-8-22-9-7-14)24-18-23-10-15(21)17(25-18)26-16(11-28-19(26)27)13(2)29-20(3,4)5/h10,12-14,16,22H,6-9,11H2,1-5H3,(H,23,24,25)/t12-,13-,16+/m0/s1. The molecular weight excluding hydrogens is 377 g/mol. The molecule has 2 fully saturated rings. The summed E-state index contributed by atoms with van der Waals surface area (Å²) in [4.78, 5) is 22.0. The number of carbonyl (C=O) groups excluding carboxylic acids is 1. The molecule has 1 aromatic heterocycles. The van der Waals surface area contributed by atoms with Gasteiger partial charge in [-0.25, -0.2) is 19.1 Å². The molecule has 0 saturated carbocycles. The Hall–Kier alpha value is -2.00. The first-order valence-electron chi connectivity index (χ1n) is 10.3. The lowest BCUT2D eigenvalue weighted by atomic mass is 9.91. The van der Waals surface area contributed by atoms with Crippen LogP contribution >= 0.6 is 0 Å². The van der Waals surface area contributed by atoms with E-state index < -0.39 is 23.6 Å². The van der Waals surface area contributed by atoms with E-state index in [1.54, 1.807) is 0 Å². The third-order valence-corrected chi connectivity index (χ3v) is 5.39. The van der Waals surface area contributed by atoms with Crippen molar-refractivity contribution in [1.29, 1.82) is 0 Å². The Morgan fingerprint density at radius 1 is 1.34 bits per heavy atom. The van der Waals surface area contributed by atoms with Gasteiger partial charge in [0.05, 0.1) is 17.9 Å². The zero-order chi connectivity index (χ0) is 21.2. The first-order chi connectivity index (χ1) is 13.7. The van der Waals surface area contributed by atoms with Crippen LogP contribution in [-0.2, 0) is 9.47 Å². The number of halogens is 1. The lowest BCUT2D eigenvalue weighted by Crippen LogP contribution is -2.45. The fourth-order valence-corrected chi connectivity index (χ4v) is 3.92. The number of aromatic nitrogens is 2. The Labute approximate surface area is 171 Å². The Morgan fingerprint density at radius 3 is 2.69 bits per heavy atom. The average Bonchev–Trinajstić information content (AvgIpc) is 3.04. The highest BCUT2D eigenvalue weighted by Gasteiger charge is 2.42. The summed E-state index contributed by atoms with van der Waals surface area (Å²) in [5.74, 6) is 0.0297. The van der Waals surface area contributed by atoms with Crippen LogP contribution in [0.25, 0.3) is 0 Å². The third-order valence-electron chi connectivity index (χ3n) is 5.39. The van der Waals surface area contributed by atoms with Crippen molar-refractivity contribution in [3.8, 4) is 0 Å². The van der Waals surface area contributed by atoms with Crippen LogP contribution < -0.4 is 15.5 Å². The van der Waals surface area contributed by atoms with E-state index in [2.05, 4.69) is 27.5 Å². The number of hydrogen-bond acceptors (Lipinski definition) is 7. The van der Waals surface area contributed by atoms with E-state index >= 15 is 0 Å². The number of nitrogens with one attached hydrogen (secondary N) is 2. The summed E-state index contributed by atoms with van der Waals surface area (Å²) >= 11 is 0. The van der Waals surface area contributed by atoms with Gasteiger partial charge in [-0.15, -0.1) is 0 Å². The molecule has 0 spiro atoms. The molecule has 0 radical (unpaired) electrons. The number of hydrogen-bond donors (Lipinski definition) is 2. The molecule has 0 aliphatic carbocycles. The summed E-state index contributed by atoms with van der Waals surface area (Å²) in [6.45, 7) is 11.8. The van der Waals surface area contributed by atoms with Crippen molar-refractivity contribution < 1.29 is 18.7 Å². The minimum Gasteiger partial charge on any atom is -0.447 e. The van der Waals surface area contributed by atoms with Crippen LogP contribution in [-0.4, -0.2) is 59.5 Å². The van der Waals surface area contributed by atoms with Crippen molar-refractivity contribution in [2.45, 2.75) is 71.2 Å². The average molecular weight is 410 g/mol. The molecule has 0 unspecified atom stereocenters. The minimum absolute atomic E-state index is 0.0862. The number of rotatable bonds is 6. The highest BCUT2D eigenvalue weighted by Crippen LogP contribution is 2.29. The second kappa shape index (κ2) is 8.79. The molecule has 162 valence electrons. The van der Waals surface area contributed by atoms with Crippen molar-refractivity contribution in [3.05, 3.63) is 12.0 Å². The first kappa shape index (κ1) is 21.7. The number of piperidine rings is 1. The number of anilines is 2. The van der Waals surface area contributed by atoms with Gasteiger partial charge in [0.2, 0.25) is 5.95 Å². The molecule has 2 aliphatic heterocycles. The molecule has 1 aromatic rings. The molecule has 3 rings (SSSR count). The zero-order valence-electron chi connectivity index (χ0n) is 17.9. The second-order valence-corrected chi connectivity index (χ2v) is 8.84. The number of carbonyl (C=O) groups is 1. The van der Waals surface area contributed by atoms with Crippen molar-refractivity contribution in [2.75, 3.05) is 29.9 Å². The fraction of sp³-hybridized carbons (Fsp3) is 0.750. The van der Waals surface area contributed by atoms with Crippen LogP contribution in [0.1, 0.15) is 47.5 Å². The quantitative estimate of drug-likeness (QED) is 0.747. The lowest BCUT2D eigenvalue weighted by molar-refractivity contribution is -0.0618. The van der Waals surface area contributed by atoms with E-state index in [1.807, 2.05) is 27.7 Å². The van der Waals surface area contributed by atoms with Gasteiger partial charge in [-0.3, -0.25) is 0 Å². The SMILES string of the molecule is C[C@H](Nc1ncc(F)c(N2C(=O)OC[C@@H]2[C@H](C)OC(C)(C)C)n1)C1CCNCC1. The van der Waals surface area contributed by atoms with Gasteiger partial charge in [-0.05, 0) is 66.5 Å². The smallest absolute Gasteiger partial charge is 0.416 e. The molecule has 8 nitrogen and oxygen atoms in total. The van der Waals surface area contributed by atoms with Gasteiger partial charge < -0.3 is 20.1 Å². The maximum absolute atomic E-state index is 14.6. The molecule has 3 heterocycles. The van der Waals surface area contributed by atoms with Gasteiger partial charge in [0.1, 0.15) is 12.6 Å². The van der Waals surface area contributed by atoms with Crippen LogP contribution in [0.4, 0.5) is 21.0 Å². The van der Waals surface area contributed by atoms with E-state index in [9.17, 15) is 9.18 Å². The van der Waals surface area contributed by atoms with Gasteiger partial charge in [0, 0.05) is 6.04 Å². The number of cyclic esters (lactones) is 1. The Morgan fingerprint density at radius 2 is 2.03 bits per heavy atom. The number of nitrogens with zero attached hydrogens (tertiary/aromatic N) is 3. The van der Waals surface area contributed by atoms with Crippen molar-refractivity contribution in [1.82, 2.24) is 15.3 Å². The molecule has 0 bridgehead atoms. The molecule has 2 N–H and O–H groups in total. The Bertz CT molecular complexity index is 721. The minimum atomic E-state index is -0.670. The lowest BCUT2D eigenvalue weighted by Gasteiger charge is -2.32. The van der Waals surface area contributed by atoms with Gasteiger partial charge in [-0.2, -0.15) is 4.98 Å². The number of ether oxygens (including phenoxy) is 2. The van der Waals surface area contributed by atoms with Crippen molar-refractivity contribution in [3.63, 3.8) is 0 Å². The monoisotopic (exact) mass is 409 g/mol. The van der Waals surface area contributed by atoms with Gasteiger partial charge >= 0.3 is 6.09 Å². The molecule has 9 heteroatoms. The summed E-state index contributed by atoms with van der Waals surface area (Å²) in [5.41, 5.74) is -0.405. The molecule has 3 atom stereocenters. The first-order valence-corrected chi connectivity index (χ1v) is 10.3. The largest absolute Gasteiger partial charge is 0.447 e. The van der Waals surface area contributed by atoms with Crippen LogP contribution in [0.15, 0.2) is 6.20 Å². The normalized spacial score (nSPS) is 23.0. The topological polar surface area (TPSA) is 88.6 Å². The van der Waals surface area contributed by atoms with E-state index in [0.29, 0.717) is 11.9 Å². The van der Waals surface area contributed by atoms with E-state index in [0.717, 1.165) is 32.1 Å². The molecule has 2 aliphatic rings. The van der Waals surface area contributed by atoms with E-state index in [4.69, 9.17) is 9.47 Å². The molecule has 29 heavy (non-hydrogen) atoms. The van der Waals surface area contributed by atoms with Gasteiger partial charge in [0.15, 0.2) is 11.6 Å².